The minimum atomic E-state index is -3.92. The Bertz CT molecular complexity index is 1300. The average Bonchev–Trinajstić information content (AvgIpc) is 3.45. The zero-order valence-electron chi connectivity index (χ0n) is 18.2. The molecule has 0 saturated carbocycles. The molecule has 4 rings (SSSR count). The molecule has 10 heteroatoms. The lowest BCUT2D eigenvalue weighted by molar-refractivity contribution is -0.136. The highest BCUT2D eigenvalue weighted by Crippen LogP contribution is 2.30. The Labute approximate surface area is 192 Å². The number of aliphatic hydroxyl groups excluding tert-OH is 1. The van der Waals surface area contributed by atoms with E-state index in [9.17, 15) is 23.6 Å². The van der Waals surface area contributed by atoms with E-state index < -0.39 is 16.1 Å². The van der Waals surface area contributed by atoms with Crippen molar-refractivity contribution in [1.29, 1.82) is 5.26 Å². The fourth-order valence-electron chi connectivity index (χ4n) is 4.58. The van der Waals surface area contributed by atoms with Crippen LogP contribution in [0.5, 0.6) is 0 Å². The number of benzene rings is 1. The number of hydrogen-bond acceptors (Lipinski definition) is 5. The van der Waals surface area contributed by atoms with Crippen LogP contribution in [0.3, 0.4) is 0 Å². The molecule has 1 atom stereocenters. The van der Waals surface area contributed by atoms with Gasteiger partial charge in [0, 0.05) is 44.0 Å². The predicted octanol–water partition coefficient (Wildman–Crippen LogP) is 1.82. The largest absolute Gasteiger partial charge is 0.396 e. The number of likely N-dealkylation sites (tertiary alicyclic amines) is 1. The van der Waals surface area contributed by atoms with Crippen LogP contribution in [0.2, 0.25) is 0 Å². The standard InChI is InChI=1S/C23H27N5O4S/c24-15-18-3-2-10-26(18)13-9-21(23(30)27-11-6-17(16-29)7-12-27)28-14-8-19-20(28)4-1-5-22(19)33(25,31)32/h1-5,8,10,14,17,21,29H,6-7,9,11-13,16H2,(H2,25,31,32). The van der Waals surface area contributed by atoms with Gasteiger partial charge >= 0.3 is 0 Å². The molecule has 0 spiro atoms. The van der Waals surface area contributed by atoms with Gasteiger partial charge in [0.15, 0.2) is 0 Å². The smallest absolute Gasteiger partial charge is 0.245 e. The molecule has 3 heterocycles. The topological polar surface area (TPSA) is 134 Å². The van der Waals surface area contributed by atoms with Gasteiger partial charge in [0.2, 0.25) is 15.9 Å². The van der Waals surface area contributed by atoms with Crippen molar-refractivity contribution in [2.45, 2.75) is 36.7 Å². The number of hydrogen-bond donors (Lipinski definition) is 2. The summed E-state index contributed by atoms with van der Waals surface area (Å²) in [6, 6.07) is 11.6. The van der Waals surface area contributed by atoms with Gasteiger partial charge in [-0.3, -0.25) is 4.79 Å². The normalized spacial score (nSPS) is 16.1. The van der Waals surface area contributed by atoms with Crippen LogP contribution in [0.15, 0.2) is 53.7 Å². The average molecular weight is 470 g/mol. The number of nitrogens with zero attached hydrogens (tertiary/aromatic N) is 4. The maximum atomic E-state index is 13.7. The number of piperidine rings is 1. The van der Waals surface area contributed by atoms with E-state index >= 15 is 0 Å². The van der Waals surface area contributed by atoms with Crippen LogP contribution < -0.4 is 5.14 Å². The second kappa shape index (κ2) is 9.39. The zero-order chi connectivity index (χ0) is 23.6. The van der Waals surface area contributed by atoms with E-state index in [1.165, 1.54) is 6.07 Å². The van der Waals surface area contributed by atoms with Crippen LogP contribution in [0.1, 0.15) is 31.0 Å². The Balaban J connectivity index is 1.70. The molecule has 1 saturated heterocycles. The van der Waals surface area contributed by atoms with Gasteiger partial charge in [0.1, 0.15) is 17.8 Å². The lowest BCUT2D eigenvalue weighted by Gasteiger charge is -2.34. The minimum Gasteiger partial charge on any atom is -0.396 e. The molecule has 1 aliphatic rings. The molecule has 0 aliphatic carbocycles. The van der Waals surface area contributed by atoms with Crippen molar-refractivity contribution < 1.29 is 18.3 Å². The van der Waals surface area contributed by atoms with Crippen molar-refractivity contribution in [1.82, 2.24) is 14.0 Å². The van der Waals surface area contributed by atoms with E-state index in [-0.39, 0.29) is 23.3 Å². The summed E-state index contributed by atoms with van der Waals surface area (Å²) in [5.74, 6) is 0.144. The Morgan fingerprint density at radius 2 is 1.94 bits per heavy atom. The molecule has 1 unspecified atom stereocenters. The molecule has 9 nitrogen and oxygen atoms in total. The first-order chi connectivity index (χ1) is 15.8. The Morgan fingerprint density at radius 1 is 1.18 bits per heavy atom. The minimum absolute atomic E-state index is 0.0193. The highest BCUT2D eigenvalue weighted by Gasteiger charge is 2.30. The second-order valence-electron chi connectivity index (χ2n) is 8.41. The molecule has 3 N–H and O–H groups in total. The van der Waals surface area contributed by atoms with E-state index in [1.54, 1.807) is 51.9 Å². The number of nitrogens with two attached hydrogens (primary N) is 1. The lowest BCUT2D eigenvalue weighted by Crippen LogP contribution is -2.43. The Morgan fingerprint density at radius 3 is 2.61 bits per heavy atom. The van der Waals surface area contributed by atoms with Gasteiger partial charge in [-0.1, -0.05) is 6.07 Å². The first-order valence-electron chi connectivity index (χ1n) is 10.9. The molecule has 2 aromatic heterocycles. The number of fused-ring (bicyclic) bond motifs is 1. The van der Waals surface area contributed by atoms with E-state index in [2.05, 4.69) is 6.07 Å². The molecule has 1 aliphatic heterocycles. The Hall–Kier alpha value is -3.13. The first-order valence-corrected chi connectivity index (χ1v) is 12.5. The summed E-state index contributed by atoms with van der Waals surface area (Å²) in [7, 11) is -3.92. The maximum absolute atomic E-state index is 13.7. The molecule has 0 bridgehead atoms. The molecule has 0 radical (unpaired) electrons. The molecular weight excluding hydrogens is 442 g/mol. The van der Waals surface area contributed by atoms with E-state index in [4.69, 9.17) is 5.14 Å². The Kier molecular flexibility index (Phi) is 6.56. The SMILES string of the molecule is N#Cc1cccn1CCC(C(=O)N1CCC(CO)CC1)n1ccc2c(S(N)(=O)=O)cccc21. The van der Waals surface area contributed by atoms with Crippen LogP contribution in [0.4, 0.5) is 0 Å². The van der Waals surface area contributed by atoms with Gasteiger partial charge in [-0.2, -0.15) is 5.26 Å². The molecule has 1 aromatic carbocycles. The maximum Gasteiger partial charge on any atom is 0.245 e. The van der Waals surface area contributed by atoms with Gasteiger partial charge in [-0.15, -0.1) is 0 Å². The van der Waals surface area contributed by atoms with E-state index in [0.29, 0.717) is 42.7 Å². The van der Waals surface area contributed by atoms with E-state index in [0.717, 1.165) is 12.8 Å². The van der Waals surface area contributed by atoms with Gasteiger partial charge in [-0.05, 0) is 55.5 Å². The number of rotatable bonds is 7. The summed E-state index contributed by atoms with van der Waals surface area (Å²) < 4.78 is 27.7. The number of aryl methyl sites for hydroxylation is 1. The molecule has 174 valence electrons. The second-order valence-corrected chi connectivity index (χ2v) is 9.94. The van der Waals surface area contributed by atoms with Gasteiger partial charge < -0.3 is 19.1 Å². The van der Waals surface area contributed by atoms with Gasteiger partial charge in [0.05, 0.1) is 10.4 Å². The van der Waals surface area contributed by atoms with Crippen LogP contribution in [-0.4, -0.2) is 53.2 Å². The van der Waals surface area contributed by atoms with Crippen molar-refractivity contribution in [2.24, 2.45) is 11.1 Å². The van der Waals surface area contributed by atoms with Crippen molar-refractivity contribution >= 4 is 26.8 Å². The summed E-state index contributed by atoms with van der Waals surface area (Å²) >= 11 is 0. The van der Waals surface area contributed by atoms with Gasteiger partial charge in [-0.25, -0.2) is 13.6 Å². The number of primary sulfonamides is 1. The number of aromatic nitrogens is 2. The zero-order valence-corrected chi connectivity index (χ0v) is 19.0. The fourth-order valence-corrected chi connectivity index (χ4v) is 5.33. The fraction of sp³-hybridized carbons (Fsp3) is 0.391. The summed E-state index contributed by atoms with van der Waals surface area (Å²) in [4.78, 5) is 15.5. The quantitative estimate of drug-likeness (QED) is 0.544. The lowest BCUT2D eigenvalue weighted by atomic mass is 9.97. The number of amides is 1. The number of carbonyl (C=O) groups excluding carboxylic acids is 1. The van der Waals surface area contributed by atoms with Crippen LogP contribution in [0.25, 0.3) is 10.9 Å². The number of sulfonamides is 1. The monoisotopic (exact) mass is 469 g/mol. The molecule has 1 amide bonds. The van der Waals surface area contributed by atoms with Crippen LogP contribution >= 0.6 is 0 Å². The number of carbonyl (C=O) groups is 1. The van der Waals surface area contributed by atoms with Crippen molar-refractivity contribution in [3.63, 3.8) is 0 Å². The van der Waals surface area contributed by atoms with Crippen molar-refractivity contribution in [3.8, 4) is 6.07 Å². The highest BCUT2D eigenvalue weighted by atomic mass is 32.2. The van der Waals surface area contributed by atoms with E-state index in [1.807, 2.05) is 4.90 Å². The van der Waals surface area contributed by atoms with Crippen molar-refractivity contribution in [2.75, 3.05) is 19.7 Å². The predicted molar refractivity (Wildman–Crippen MR) is 123 cm³/mol. The summed E-state index contributed by atoms with van der Waals surface area (Å²) in [5.41, 5.74) is 1.12. The third-order valence-corrected chi connectivity index (χ3v) is 7.39. The third-order valence-electron chi connectivity index (χ3n) is 6.42. The first kappa shape index (κ1) is 23.0. The molecular formula is C23H27N5O4S. The summed E-state index contributed by atoms with van der Waals surface area (Å²) in [5, 5.41) is 24.6. The molecule has 3 aromatic rings. The summed E-state index contributed by atoms with van der Waals surface area (Å²) in [6.45, 7) is 1.70. The van der Waals surface area contributed by atoms with Crippen molar-refractivity contribution in [3.05, 3.63) is 54.5 Å². The number of nitriles is 1. The molecule has 33 heavy (non-hydrogen) atoms. The molecule has 1 fully saturated rings. The summed E-state index contributed by atoms with van der Waals surface area (Å²) in [6.07, 6.45) is 5.44. The van der Waals surface area contributed by atoms with Crippen LogP contribution in [0, 0.1) is 17.2 Å². The highest BCUT2D eigenvalue weighted by molar-refractivity contribution is 7.89. The van der Waals surface area contributed by atoms with Gasteiger partial charge in [0.25, 0.3) is 0 Å². The third kappa shape index (κ3) is 4.66. The van der Waals surface area contributed by atoms with Crippen LogP contribution in [-0.2, 0) is 21.4 Å². The number of aliphatic hydroxyl groups is 1.